The molecule has 0 bridgehead atoms. The number of hydrogen-bond acceptors (Lipinski definition) is 7. The van der Waals surface area contributed by atoms with Crippen LogP contribution >= 0.6 is 0 Å². The number of anilines is 1. The lowest BCUT2D eigenvalue weighted by atomic mass is 10.1. The van der Waals surface area contributed by atoms with Crippen LogP contribution in [0, 0.1) is 11.6 Å². The van der Waals surface area contributed by atoms with Crippen LogP contribution in [0.4, 0.5) is 14.6 Å². The normalized spacial score (nSPS) is 18.8. The van der Waals surface area contributed by atoms with E-state index in [1.54, 1.807) is 13.0 Å². The first-order valence-corrected chi connectivity index (χ1v) is 10.7. The molecule has 2 N–H and O–H groups in total. The molecule has 8 nitrogen and oxygen atoms in total. The van der Waals surface area contributed by atoms with Crippen molar-refractivity contribution >= 4 is 17.6 Å². The number of esters is 1. The number of carbonyl (C=O) groups is 2. The third-order valence-electron chi connectivity index (χ3n) is 5.43. The quantitative estimate of drug-likeness (QED) is 0.347. The van der Waals surface area contributed by atoms with Gasteiger partial charge in [-0.1, -0.05) is 19.1 Å². The van der Waals surface area contributed by atoms with Gasteiger partial charge >= 0.3 is 5.97 Å². The molecule has 1 aromatic carbocycles. The van der Waals surface area contributed by atoms with Crippen molar-refractivity contribution in [3.63, 3.8) is 0 Å². The van der Waals surface area contributed by atoms with Crippen molar-refractivity contribution in [1.82, 2.24) is 14.7 Å². The molecule has 3 rings (SSSR count). The zero-order chi connectivity index (χ0) is 24.1. The average Bonchev–Trinajstić information content (AvgIpc) is 3.11. The van der Waals surface area contributed by atoms with Crippen molar-refractivity contribution in [3.8, 4) is 0 Å². The van der Waals surface area contributed by atoms with Gasteiger partial charge in [0, 0.05) is 19.6 Å². The topological polar surface area (TPSA) is 99.7 Å². The summed E-state index contributed by atoms with van der Waals surface area (Å²) in [4.78, 5) is 27.1. The Morgan fingerprint density at radius 2 is 1.97 bits per heavy atom. The molecule has 178 valence electrons. The summed E-state index contributed by atoms with van der Waals surface area (Å²) in [7, 11) is 0. The molecule has 2 aromatic rings. The van der Waals surface area contributed by atoms with E-state index < -0.39 is 35.6 Å². The fraction of sp³-hybridized carbons (Fsp3) is 0.435. The van der Waals surface area contributed by atoms with Gasteiger partial charge < -0.3 is 15.2 Å². The molecule has 1 aromatic heterocycles. The van der Waals surface area contributed by atoms with E-state index in [1.165, 1.54) is 4.68 Å². The summed E-state index contributed by atoms with van der Waals surface area (Å²) in [6.07, 6.45) is 2.18. The highest BCUT2D eigenvalue weighted by Gasteiger charge is 2.26. The fourth-order valence-corrected chi connectivity index (χ4v) is 3.83. The highest BCUT2D eigenvalue weighted by Crippen LogP contribution is 2.20. The maximum Gasteiger partial charge on any atom is 0.344 e. The van der Waals surface area contributed by atoms with E-state index in [-0.39, 0.29) is 23.6 Å². The first-order chi connectivity index (χ1) is 15.7. The number of hydrogen-bond donors (Lipinski definition) is 1. The molecule has 0 aliphatic carbocycles. The maximum absolute atomic E-state index is 13.8. The van der Waals surface area contributed by atoms with Gasteiger partial charge in [0.1, 0.15) is 23.0 Å². The van der Waals surface area contributed by atoms with Crippen molar-refractivity contribution in [2.24, 2.45) is 0 Å². The summed E-state index contributed by atoms with van der Waals surface area (Å²) < 4.78 is 39.9. The van der Waals surface area contributed by atoms with Crippen LogP contribution in [0.1, 0.15) is 40.3 Å². The molecule has 0 saturated carbocycles. The summed E-state index contributed by atoms with van der Waals surface area (Å²) >= 11 is 0. The predicted molar refractivity (Wildman–Crippen MR) is 118 cm³/mol. The number of nitrogen functional groups attached to an aromatic ring is 1. The molecule has 33 heavy (non-hydrogen) atoms. The van der Waals surface area contributed by atoms with Gasteiger partial charge in [-0.2, -0.15) is 5.10 Å². The molecular weight excluding hydrogens is 434 g/mol. The van der Waals surface area contributed by atoms with E-state index in [1.807, 2.05) is 6.92 Å². The molecule has 0 radical (unpaired) electrons. The molecular formula is C23H28F2N4O4. The van der Waals surface area contributed by atoms with Gasteiger partial charge in [-0.25, -0.2) is 18.3 Å². The van der Waals surface area contributed by atoms with Crippen LogP contribution in [0.3, 0.4) is 0 Å². The highest BCUT2D eigenvalue weighted by atomic mass is 19.1. The Morgan fingerprint density at radius 3 is 2.61 bits per heavy atom. The lowest BCUT2D eigenvalue weighted by Gasteiger charge is -2.35. The summed E-state index contributed by atoms with van der Waals surface area (Å²) in [6, 6.07) is 3.06. The fourth-order valence-electron chi connectivity index (χ4n) is 3.83. The average molecular weight is 462 g/mol. The molecule has 0 unspecified atom stereocenters. The second-order valence-electron chi connectivity index (χ2n) is 7.86. The lowest BCUT2D eigenvalue weighted by molar-refractivity contribution is -0.0556. The Bertz CT molecular complexity index is 1020. The molecule has 1 aliphatic heterocycles. The minimum Gasteiger partial charge on any atom is -0.454 e. The zero-order valence-corrected chi connectivity index (χ0v) is 18.7. The SMILES string of the molecule is C=C[C@H]1CN(CCn2nc(CC)c(C(=O)OCC(=O)c3c(F)cccc3F)c2N)C[C@@H](C)O1. The molecule has 2 heterocycles. The lowest BCUT2D eigenvalue weighted by Crippen LogP contribution is -2.46. The van der Waals surface area contributed by atoms with E-state index in [9.17, 15) is 18.4 Å². The maximum atomic E-state index is 13.8. The minimum absolute atomic E-state index is 0.0543. The number of nitrogens with two attached hydrogens (primary N) is 1. The monoisotopic (exact) mass is 462 g/mol. The van der Waals surface area contributed by atoms with Crippen LogP contribution < -0.4 is 5.73 Å². The Hall–Kier alpha value is -3.11. The first kappa shape index (κ1) is 24.5. The van der Waals surface area contributed by atoms with Crippen molar-refractivity contribution in [2.75, 3.05) is 32.0 Å². The number of halogens is 2. The number of benzene rings is 1. The number of nitrogens with zero attached hydrogens (tertiary/aromatic N) is 3. The zero-order valence-electron chi connectivity index (χ0n) is 18.7. The van der Waals surface area contributed by atoms with Crippen LogP contribution in [0.15, 0.2) is 30.9 Å². The van der Waals surface area contributed by atoms with Crippen LogP contribution in [-0.4, -0.2) is 64.9 Å². The van der Waals surface area contributed by atoms with E-state index in [4.69, 9.17) is 15.2 Å². The summed E-state index contributed by atoms with van der Waals surface area (Å²) in [5.74, 6) is -3.78. The molecule has 10 heteroatoms. The van der Waals surface area contributed by atoms with Gasteiger partial charge in [-0.15, -0.1) is 6.58 Å². The summed E-state index contributed by atoms with van der Waals surface area (Å²) in [5.41, 5.74) is 5.90. The number of ether oxygens (including phenoxy) is 2. The first-order valence-electron chi connectivity index (χ1n) is 10.7. The third-order valence-corrected chi connectivity index (χ3v) is 5.43. The molecule has 2 atom stereocenters. The van der Waals surface area contributed by atoms with Crippen molar-refractivity contribution < 1.29 is 27.8 Å². The van der Waals surface area contributed by atoms with Gasteiger partial charge in [0.05, 0.1) is 30.0 Å². The van der Waals surface area contributed by atoms with Crippen LogP contribution in [0.5, 0.6) is 0 Å². The van der Waals surface area contributed by atoms with Gasteiger partial charge in [0.25, 0.3) is 0 Å². The summed E-state index contributed by atoms with van der Waals surface area (Å²) in [5, 5.41) is 4.41. The van der Waals surface area contributed by atoms with Crippen LogP contribution in [-0.2, 0) is 22.4 Å². The van der Waals surface area contributed by atoms with E-state index in [0.29, 0.717) is 31.7 Å². The number of aromatic nitrogens is 2. The van der Waals surface area contributed by atoms with E-state index in [2.05, 4.69) is 16.6 Å². The highest BCUT2D eigenvalue weighted by molar-refractivity contribution is 6.01. The number of rotatable bonds is 9. The predicted octanol–water partition coefficient (Wildman–Crippen LogP) is 2.62. The molecule has 1 saturated heterocycles. The number of ketones is 1. The number of morpholine rings is 1. The summed E-state index contributed by atoms with van der Waals surface area (Å²) in [6.45, 7) is 9.26. The van der Waals surface area contributed by atoms with Crippen molar-refractivity contribution in [3.05, 3.63) is 59.3 Å². The van der Waals surface area contributed by atoms with Crippen LogP contribution in [0.25, 0.3) is 0 Å². The standard InChI is InChI=1S/C23H28F2N4O4/c1-4-15-12-28(11-14(3)33-15)9-10-29-22(26)21(18(5-2)27-29)23(31)32-13-19(30)20-16(24)7-6-8-17(20)25/h4,6-8,14-15H,1,5,9-13,26H2,2-3H3/t14-,15+/m1/s1. The second-order valence-corrected chi connectivity index (χ2v) is 7.86. The Balaban J connectivity index is 1.67. The largest absolute Gasteiger partial charge is 0.454 e. The van der Waals surface area contributed by atoms with Crippen LogP contribution in [0.2, 0.25) is 0 Å². The molecule has 1 fully saturated rings. The molecule has 1 aliphatic rings. The Labute approximate surface area is 190 Å². The number of carbonyl (C=O) groups excluding carboxylic acids is 2. The van der Waals surface area contributed by atoms with Gasteiger partial charge in [-0.3, -0.25) is 9.69 Å². The second kappa shape index (κ2) is 10.7. The van der Waals surface area contributed by atoms with E-state index >= 15 is 0 Å². The minimum atomic E-state index is -1.02. The van der Waals surface area contributed by atoms with Gasteiger partial charge in [0.15, 0.2) is 6.61 Å². The van der Waals surface area contributed by atoms with Gasteiger partial charge in [0.2, 0.25) is 5.78 Å². The smallest absolute Gasteiger partial charge is 0.344 e. The van der Waals surface area contributed by atoms with Crippen molar-refractivity contribution in [1.29, 1.82) is 0 Å². The molecule has 0 amide bonds. The third kappa shape index (κ3) is 5.63. The number of aryl methyl sites for hydroxylation is 1. The Morgan fingerprint density at radius 1 is 1.27 bits per heavy atom. The Kier molecular flexibility index (Phi) is 7.93. The van der Waals surface area contributed by atoms with Crippen molar-refractivity contribution in [2.45, 2.75) is 39.0 Å². The molecule has 0 spiro atoms. The number of Topliss-reactive ketones (excluding diaryl/α,β-unsaturated/α-hetero) is 1. The van der Waals surface area contributed by atoms with Gasteiger partial charge in [-0.05, 0) is 25.5 Å². The van der Waals surface area contributed by atoms with E-state index in [0.717, 1.165) is 24.7 Å².